The van der Waals surface area contributed by atoms with Crippen LogP contribution in [0.5, 0.6) is 0 Å². The van der Waals surface area contributed by atoms with E-state index >= 15 is 0 Å². The lowest BCUT2D eigenvalue weighted by Gasteiger charge is -2.07. The summed E-state index contributed by atoms with van der Waals surface area (Å²) in [6.45, 7) is -0.0846. The van der Waals surface area contributed by atoms with Crippen molar-refractivity contribution < 1.29 is 21.8 Å². The second-order valence-corrected chi connectivity index (χ2v) is 6.03. The van der Waals surface area contributed by atoms with Gasteiger partial charge in [0.25, 0.3) is 10.1 Å². The molecule has 0 fully saturated rings. The zero-order valence-corrected chi connectivity index (χ0v) is 11.2. The van der Waals surface area contributed by atoms with Crippen molar-refractivity contribution in [3.05, 3.63) is 35.6 Å². The molecule has 1 aliphatic heterocycles. The normalized spacial score (nSPS) is 19.1. The average molecular weight is 287 g/mol. The van der Waals surface area contributed by atoms with Gasteiger partial charge in [-0.2, -0.15) is 8.42 Å². The SMILES string of the molecule is CS(=O)(=O)OCC1=NOC(Cc2ccc(F)cc2)C1. The van der Waals surface area contributed by atoms with Crippen LogP contribution in [0.1, 0.15) is 12.0 Å². The fourth-order valence-electron chi connectivity index (χ4n) is 1.74. The molecule has 5 nitrogen and oxygen atoms in total. The highest BCUT2D eigenvalue weighted by atomic mass is 32.2. The first-order valence-corrected chi connectivity index (χ1v) is 7.54. The Hall–Kier alpha value is -1.47. The van der Waals surface area contributed by atoms with Gasteiger partial charge in [0.15, 0.2) is 0 Å². The van der Waals surface area contributed by atoms with Crippen molar-refractivity contribution in [2.75, 3.05) is 12.9 Å². The molecule has 0 spiro atoms. The Bertz CT molecular complexity index is 568. The number of hydrogen-bond donors (Lipinski definition) is 0. The van der Waals surface area contributed by atoms with Gasteiger partial charge < -0.3 is 4.84 Å². The molecule has 0 radical (unpaired) electrons. The molecule has 0 saturated carbocycles. The summed E-state index contributed by atoms with van der Waals surface area (Å²) in [7, 11) is -3.47. The first kappa shape index (κ1) is 14.0. The molecule has 7 heteroatoms. The lowest BCUT2D eigenvalue weighted by atomic mass is 10.0. The number of nitrogens with zero attached hydrogens (tertiary/aromatic N) is 1. The molecule has 1 aliphatic rings. The predicted molar refractivity (Wildman–Crippen MR) is 67.8 cm³/mol. The molecule has 1 heterocycles. The maximum atomic E-state index is 12.7. The summed E-state index contributed by atoms with van der Waals surface area (Å²) in [6, 6.07) is 6.14. The van der Waals surface area contributed by atoms with Gasteiger partial charge in [-0.15, -0.1) is 0 Å². The van der Waals surface area contributed by atoms with E-state index in [-0.39, 0.29) is 18.5 Å². The molecular weight excluding hydrogens is 273 g/mol. The number of oxime groups is 1. The van der Waals surface area contributed by atoms with Crippen LogP contribution in [0.2, 0.25) is 0 Å². The molecule has 0 aliphatic carbocycles. The highest BCUT2D eigenvalue weighted by molar-refractivity contribution is 7.86. The summed E-state index contributed by atoms with van der Waals surface area (Å²) in [5, 5.41) is 3.79. The minimum Gasteiger partial charge on any atom is -0.392 e. The first-order chi connectivity index (χ1) is 8.92. The van der Waals surface area contributed by atoms with Gasteiger partial charge in [-0.1, -0.05) is 17.3 Å². The Morgan fingerprint density at radius 3 is 2.74 bits per heavy atom. The maximum Gasteiger partial charge on any atom is 0.264 e. The molecule has 0 N–H and O–H groups in total. The number of hydrogen-bond acceptors (Lipinski definition) is 5. The van der Waals surface area contributed by atoms with Gasteiger partial charge in [0.05, 0.1) is 12.0 Å². The molecule has 1 unspecified atom stereocenters. The van der Waals surface area contributed by atoms with Crippen LogP contribution < -0.4 is 0 Å². The summed E-state index contributed by atoms with van der Waals surface area (Å²) in [6.07, 6.45) is 1.92. The van der Waals surface area contributed by atoms with E-state index in [1.165, 1.54) is 12.1 Å². The fourth-order valence-corrected chi connectivity index (χ4v) is 2.09. The van der Waals surface area contributed by atoms with Crippen molar-refractivity contribution in [3.8, 4) is 0 Å². The van der Waals surface area contributed by atoms with Crippen molar-refractivity contribution in [2.45, 2.75) is 18.9 Å². The molecule has 1 atom stereocenters. The zero-order chi connectivity index (χ0) is 13.9. The third-order valence-electron chi connectivity index (χ3n) is 2.61. The summed E-state index contributed by atoms with van der Waals surface area (Å²) in [5.74, 6) is -0.283. The quantitative estimate of drug-likeness (QED) is 0.770. The fraction of sp³-hybridized carbons (Fsp3) is 0.417. The molecule has 0 bridgehead atoms. The minimum absolute atomic E-state index is 0.0846. The summed E-state index contributed by atoms with van der Waals surface area (Å²) < 4.78 is 39.1. The third-order valence-corrected chi connectivity index (χ3v) is 3.16. The molecular formula is C12H14FNO4S. The second-order valence-electron chi connectivity index (χ2n) is 4.39. The number of halogens is 1. The zero-order valence-electron chi connectivity index (χ0n) is 10.4. The van der Waals surface area contributed by atoms with Crippen LogP contribution in [-0.2, 0) is 25.6 Å². The molecule has 1 aromatic rings. The van der Waals surface area contributed by atoms with Crippen molar-refractivity contribution in [3.63, 3.8) is 0 Å². The van der Waals surface area contributed by atoms with Crippen LogP contribution in [0.15, 0.2) is 29.4 Å². The molecule has 0 saturated heterocycles. The largest absolute Gasteiger partial charge is 0.392 e. The Morgan fingerprint density at radius 2 is 2.11 bits per heavy atom. The maximum absolute atomic E-state index is 12.7. The van der Waals surface area contributed by atoms with Gasteiger partial charge in [0, 0.05) is 12.8 Å². The lowest BCUT2D eigenvalue weighted by Crippen LogP contribution is -2.16. The molecule has 1 aromatic carbocycles. The van der Waals surface area contributed by atoms with E-state index in [0.29, 0.717) is 18.6 Å². The Kier molecular flexibility index (Phi) is 4.16. The van der Waals surface area contributed by atoms with E-state index < -0.39 is 10.1 Å². The van der Waals surface area contributed by atoms with Crippen molar-refractivity contribution >= 4 is 15.8 Å². The third kappa shape index (κ3) is 4.60. The van der Waals surface area contributed by atoms with E-state index in [2.05, 4.69) is 9.34 Å². The van der Waals surface area contributed by atoms with E-state index in [4.69, 9.17) is 4.84 Å². The Balaban J connectivity index is 1.82. The van der Waals surface area contributed by atoms with Gasteiger partial charge in [-0.25, -0.2) is 4.39 Å². The van der Waals surface area contributed by atoms with Gasteiger partial charge in [0.1, 0.15) is 18.5 Å². The van der Waals surface area contributed by atoms with Gasteiger partial charge in [-0.05, 0) is 17.7 Å². The lowest BCUT2D eigenvalue weighted by molar-refractivity contribution is 0.0858. The monoisotopic (exact) mass is 287 g/mol. The van der Waals surface area contributed by atoms with Crippen LogP contribution in [0.3, 0.4) is 0 Å². The van der Waals surface area contributed by atoms with Gasteiger partial charge in [-0.3, -0.25) is 4.18 Å². The highest BCUT2D eigenvalue weighted by Gasteiger charge is 2.22. The molecule has 2 rings (SSSR count). The minimum atomic E-state index is -3.47. The smallest absolute Gasteiger partial charge is 0.264 e. The van der Waals surface area contributed by atoms with E-state index in [1.807, 2.05) is 0 Å². The summed E-state index contributed by atoms with van der Waals surface area (Å²) in [5.41, 5.74) is 1.49. The van der Waals surface area contributed by atoms with Crippen LogP contribution in [0.25, 0.3) is 0 Å². The summed E-state index contributed by atoms with van der Waals surface area (Å²) in [4.78, 5) is 5.18. The number of rotatable bonds is 5. The van der Waals surface area contributed by atoms with Crippen LogP contribution in [-0.4, -0.2) is 33.1 Å². The van der Waals surface area contributed by atoms with E-state index in [9.17, 15) is 12.8 Å². The standard InChI is InChI=1S/C12H14FNO4S/c1-19(15,16)17-8-11-7-12(18-14-11)6-9-2-4-10(13)5-3-9/h2-5,12H,6-8H2,1H3. The summed E-state index contributed by atoms with van der Waals surface area (Å²) >= 11 is 0. The predicted octanol–water partition coefficient (Wildman–Crippen LogP) is 1.49. The number of benzene rings is 1. The van der Waals surface area contributed by atoms with Crippen molar-refractivity contribution in [1.29, 1.82) is 0 Å². The molecule has 104 valence electrons. The van der Waals surface area contributed by atoms with Gasteiger partial charge in [0.2, 0.25) is 0 Å². The first-order valence-electron chi connectivity index (χ1n) is 5.73. The van der Waals surface area contributed by atoms with Crippen LogP contribution >= 0.6 is 0 Å². The van der Waals surface area contributed by atoms with Crippen LogP contribution in [0.4, 0.5) is 4.39 Å². The van der Waals surface area contributed by atoms with Crippen molar-refractivity contribution in [1.82, 2.24) is 0 Å². The van der Waals surface area contributed by atoms with Crippen LogP contribution in [0, 0.1) is 5.82 Å². The molecule has 0 amide bonds. The molecule has 0 aromatic heterocycles. The molecule has 19 heavy (non-hydrogen) atoms. The van der Waals surface area contributed by atoms with E-state index in [1.54, 1.807) is 12.1 Å². The topological polar surface area (TPSA) is 65.0 Å². The average Bonchev–Trinajstić information content (AvgIpc) is 2.77. The Morgan fingerprint density at radius 1 is 1.42 bits per heavy atom. The van der Waals surface area contributed by atoms with E-state index in [0.717, 1.165) is 11.8 Å². The van der Waals surface area contributed by atoms with Crippen molar-refractivity contribution in [2.24, 2.45) is 5.16 Å². The highest BCUT2D eigenvalue weighted by Crippen LogP contribution is 2.16. The Labute approximate surface area is 111 Å². The second kappa shape index (κ2) is 5.66. The van der Waals surface area contributed by atoms with Gasteiger partial charge >= 0.3 is 0 Å².